The number of ether oxygens (including phenoxy) is 2. The molecule has 1 aromatic carbocycles. The number of fused-ring (bicyclic) bond motifs is 1. The summed E-state index contributed by atoms with van der Waals surface area (Å²) in [6, 6.07) is 5.17. The Balaban J connectivity index is 1.47. The maximum atomic E-state index is 14.1. The van der Waals surface area contributed by atoms with Crippen LogP contribution in [0, 0.1) is 18.8 Å². The standard InChI is InChI=1S/C24H31F2N3O4/c1-14-7-8-20(32-2)16-11-18(28-21(14)16)23(31)29-19(15-5-3-4-6-15)12-27-22(30)17-13-33-10-9-24(17,25)26/h7-8,11,15,17,19,28H,3-6,9-10,12-13H2,1-2H3,(H,27,30)(H,29,31). The second-order valence-electron chi connectivity index (χ2n) is 9.06. The van der Waals surface area contributed by atoms with Gasteiger partial charge in [0.1, 0.15) is 17.4 Å². The Morgan fingerprint density at radius 3 is 2.76 bits per heavy atom. The normalized spacial score (nSPS) is 21.6. The van der Waals surface area contributed by atoms with Gasteiger partial charge in [-0.3, -0.25) is 9.59 Å². The fourth-order valence-electron chi connectivity index (χ4n) is 4.88. The summed E-state index contributed by atoms with van der Waals surface area (Å²) in [6.45, 7) is 1.70. The van der Waals surface area contributed by atoms with E-state index in [0.29, 0.717) is 11.4 Å². The molecule has 7 nitrogen and oxygen atoms in total. The lowest BCUT2D eigenvalue weighted by atomic mass is 9.95. The van der Waals surface area contributed by atoms with Crippen molar-refractivity contribution in [3.8, 4) is 5.75 Å². The van der Waals surface area contributed by atoms with Crippen LogP contribution >= 0.6 is 0 Å². The van der Waals surface area contributed by atoms with E-state index in [2.05, 4.69) is 15.6 Å². The molecular weight excluding hydrogens is 432 g/mol. The summed E-state index contributed by atoms with van der Waals surface area (Å²) in [6.07, 6.45) is 3.47. The average molecular weight is 464 g/mol. The van der Waals surface area contributed by atoms with E-state index < -0.39 is 24.2 Å². The number of aromatic nitrogens is 1. The number of hydrogen-bond donors (Lipinski definition) is 3. The fraction of sp³-hybridized carbons (Fsp3) is 0.583. The number of halogens is 2. The summed E-state index contributed by atoms with van der Waals surface area (Å²) in [5, 5.41) is 6.49. The van der Waals surface area contributed by atoms with Crippen LogP contribution in [0.15, 0.2) is 18.2 Å². The molecule has 3 N–H and O–H groups in total. The fourth-order valence-corrected chi connectivity index (χ4v) is 4.88. The second-order valence-corrected chi connectivity index (χ2v) is 9.06. The Labute approximate surface area is 191 Å². The van der Waals surface area contributed by atoms with Crippen molar-refractivity contribution in [2.75, 3.05) is 26.9 Å². The third kappa shape index (κ3) is 4.98. The maximum Gasteiger partial charge on any atom is 0.268 e. The number of methoxy groups -OCH3 is 1. The third-order valence-electron chi connectivity index (χ3n) is 6.90. The van der Waals surface area contributed by atoms with Crippen molar-refractivity contribution in [1.82, 2.24) is 15.6 Å². The number of aromatic amines is 1. The van der Waals surface area contributed by atoms with Gasteiger partial charge in [0.2, 0.25) is 5.91 Å². The van der Waals surface area contributed by atoms with Crippen molar-refractivity contribution in [3.05, 3.63) is 29.5 Å². The Morgan fingerprint density at radius 1 is 1.30 bits per heavy atom. The lowest BCUT2D eigenvalue weighted by Gasteiger charge is -2.31. The molecule has 4 rings (SSSR count). The molecule has 2 fully saturated rings. The molecule has 0 spiro atoms. The first kappa shape index (κ1) is 23.5. The van der Waals surface area contributed by atoms with Crippen molar-refractivity contribution in [3.63, 3.8) is 0 Å². The maximum absolute atomic E-state index is 14.1. The van der Waals surface area contributed by atoms with Gasteiger partial charge in [-0.25, -0.2) is 8.78 Å². The minimum atomic E-state index is -3.09. The van der Waals surface area contributed by atoms with E-state index in [4.69, 9.17) is 9.47 Å². The van der Waals surface area contributed by atoms with E-state index in [1.165, 1.54) is 0 Å². The zero-order chi connectivity index (χ0) is 23.6. The molecule has 180 valence electrons. The molecule has 1 aromatic heterocycles. The molecule has 2 aromatic rings. The monoisotopic (exact) mass is 463 g/mol. The highest BCUT2D eigenvalue weighted by atomic mass is 19.3. The van der Waals surface area contributed by atoms with Crippen LogP contribution in [0.25, 0.3) is 10.9 Å². The quantitative estimate of drug-likeness (QED) is 0.586. The molecule has 1 saturated carbocycles. The van der Waals surface area contributed by atoms with Gasteiger partial charge in [-0.15, -0.1) is 0 Å². The minimum absolute atomic E-state index is 0.0493. The number of hydrogen-bond acceptors (Lipinski definition) is 4. The first-order chi connectivity index (χ1) is 15.8. The predicted octanol–water partition coefficient (Wildman–Crippen LogP) is 3.56. The molecule has 2 heterocycles. The first-order valence-electron chi connectivity index (χ1n) is 11.5. The van der Waals surface area contributed by atoms with Crippen LogP contribution in [-0.2, 0) is 9.53 Å². The Morgan fingerprint density at radius 2 is 2.06 bits per heavy atom. The van der Waals surface area contributed by atoms with Crippen molar-refractivity contribution in [2.45, 2.75) is 51.0 Å². The molecule has 1 aliphatic carbocycles. The third-order valence-corrected chi connectivity index (χ3v) is 6.90. The lowest BCUT2D eigenvalue weighted by Crippen LogP contribution is -2.52. The number of benzene rings is 1. The summed E-state index contributed by atoms with van der Waals surface area (Å²) < 4.78 is 38.8. The number of rotatable bonds is 7. The van der Waals surface area contributed by atoms with E-state index in [1.807, 2.05) is 19.1 Å². The number of carbonyl (C=O) groups is 2. The number of aryl methyl sites for hydroxylation is 1. The predicted molar refractivity (Wildman–Crippen MR) is 120 cm³/mol. The summed E-state index contributed by atoms with van der Waals surface area (Å²) in [7, 11) is 1.58. The van der Waals surface area contributed by atoms with Crippen LogP contribution in [0.1, 0.15) is 48.2 Å². The zero-order valence-corrected chi connectivity index (χ0v) is 19.0. The second kappa shape index (κ2) is 9.67. The Kier molecular flexibility index (Phi) is 6.88. The van der Waals surface area contributed by atoms with Gasteiger partial charge >= 0.3 is 0 Å². The van der Waals surface area contributed by atoms with Crippen molar-refractivity contribution >= 4 is 22.7 Å². The summed E-state index contributed by atoms with van der Waals surface area (Å²) in [4.78, 5) is 28.8. The number of nitrogens with one attached hydrogen (secondary N) is 3. The number of H-pyrrole nitrogens is 1. The van der Waals surface area contributed by atoms with Crippen molar-refractivity contribution in [2.24, 2.45) is 11.8 Å². The van der Waals surface area contributed by atoms with E-state index in [1.54, 1.807) is 13.2 Å². The summed E-state index contributed by atoms with van der Waals surface area (Å²) in [5.74, 6) is -4.78. The van der Waals surface area contributed by atoms with Crippen LogP contribution in [0.5, 0.6) is 5.75 Å². The Bertz CT molecular complexity index is 1020. The van der Waals surface area contributed by atoms with Gasteiger partial charge in [0, 0.05) is 24.4 Å². The smallest absolute Gasteiger partial charge is 0.268 e. The molecule has 1 saturated heterocycles. The van der Waals surface area contributed by atoms with Gasteiger partial charge in [-0.05, 0) is 43.4 Å². The van der Waals surface area contributed by atoms with E-state index in [9.17, 15) is 18.4 Å². The topological polar surface area (TPSA) is 92.5 Å². The van der Waals surface area contributed by atoms with Gasteiger partial charge in [0.15, 0.2) is 0 Å². The number of alkyl halides is 2. The SMILES string of the molecule is COc1ccc(C)c2[nH]c(C(=O)NC(CNC(=O)C3COCCC3(F)F)C3CCCC3)cc12. The molecule has 33 heavy (non-hydrogen) atoms. The van der Waals surface area contributed by atoms with Gasteiger partial charge < -0.3 is 25.1 Å². The van der Waals surface area contributed by atoms with Crippen LogP contribution < -0.4 is 15.4 Å². The molecular formula is C24H31F2N3O4. The van der Waals surface area contributed by atoms with Gasteiger partial charge in [0.05, 0.1) is 25.8 Å². The van der Waals surface area contributed by atoms with Crippen LogP contribution in [0.4, 0.5) is 8.78 Å². The first-order valence-corrected chi connectivity index (χ1v) is 11.5. The molecule has 9 heteroatoms. The molecule has 1 aliphatic heterocycles. The molecule has 2 aliphatic rings. The summed E-state index contributed by atoms with van der Waals surface area (Å²) in [5.41, 5.74) is 2.20. The van der Waals surface area contributed by atoms with Crippen LogP contribution in [0.2, 0.25) is 0 Å². The number of carbonyl (C=O) groups excluding carboxylic acids is 2. The molecule has 0 radical (unpaired) electrons. The van der Waals surface area contributed by atoms with E-state index >= 15 is 0 Å². The van der Waals surface area contributed by atoms with Gasteiger partial charge in [-0.2, -0.15) is 0 Å². The highest BCUT2D eigenvalue weighted by Gasteiger charge is 2.46. The van der Waals surface area contributed by atoms with E-state index in [-0.39, 0.29) is 37.6 Å². The van der Waals surface area contributed by atoms with Crippen LogP contribution in [-0.4, -0.2) is 55.6 Å². The number of amides is 2. The van der Waals surface area contributed by atoms with Crippen molar-refractivity contribution in [1.29, 1.82) is 0 Å². The lowest BCUT2D eigenvalue weighted by molar-refractivity contribution is -0.164. The summed E-state index contributed by atoms with van der Waals surface area (Å²) >= 11 is 0. The molecule has 2 unspecified atom stereocenters. The molecule has 0 bridgehead atoms. The van der Waals surface area contributed by atoms with Crippen molar-refractivity contribution < 1.29 is 27.8 Å². The highest BCUT2D eigenvalue weighted by Crippen LogP contribution is 2.33. The zero-order valence-electron chi connectivity index (χ0n) is 19.0. The van der Waals surface area contributed by atoms with E-state index in [0.717, 1.165) is 42.1 Å². The average Bonchev–Trinajstić information content (AvgIpc) is 3.47. The largest absolute Gasteiger partial charge is 0.496 e. The van der Waals surface area contributed by atoms with Gasteiger partial charge in [0.25, 0.3) is 11.8 Å². The Hall–Kier alpha value is -2.68. The molecule has 2 atom stereocenters. The van der Waals surface area contributed by atoms with Crippen LogP contribution in [0.3, 0.4) is 0 Å². The van der Waals surface area contributed by atoms with Gasteiger partial charge in [-0.1, -0.05) is 18.9 Å². The highest BCUT2D eigenvalue weighted by molar-refractivity contribution is 6.00. The minimum Gasteiger partial charge on any atom is -0.496 e. The molecule has 2 amide bonds.